The number of para-hydroxylation sites is 1. The van der Waals surface area contributed by atoms with Crippen LogP contribution in [-0.4, -0.2) is 27.2 Å². The van der Waals surface area contributed by atoms with Gasteiger partial charge in [-0.2, -0.15) is 5.10 Å². The lowest BCUT2D eigenvalue weighted by molar-refractivity contribution is 0.0954. The van der Waals surface area contributed by atoms with Gasteiger partial charge in [0.2, 0.25) is 0 Å². The van der Waals surface area contributed by atoms with E-state index >= 15 is 0 Å². The lowest BCUT2D eigenvalue weighted by atomic mass is 10.0. The summed E-state index contributed by atoms with van der Waals surface area (Å²) in [6.45, 7) is 0.587. The van der Waals surface area contributed by atoms with Crippen molar-refractivity contribution in [1.82, 2.24) is 20.1 Å². The first-order valence-electron chi connectivity index (χ1n) is 13.2. The maximum absolute atomic E-state index is 13.5. The number of nitrogens with zero attached hydrogens (tertiary/aromatic N) is 3. The third-order valence-electron chi connectivity index (χ3n) is 6.90. The van der Waals surface area contributed by atoms with Crippen LogP contribution in [0.25, 0.3) is 39.0 Å². The van der Waals surface area contributed by atoms with Crippen molar-refractivity contribution in [3.63, 3.8) is 0 Å². The van der Waals surface area contributed by atoms with Gasteiger partial charge in [-0.15, -0.1) is 0 Å². The van der Waals surface area contributed by atoms with E-state index in [1.807, 2.05) is 71.4 Å². The van der Waals surface area contributed by atoms with Crippen LogP contribution in [0.5, 0.6) is 0 Å². The van der Waals surface area contributed by atoms with Crippen LogP contribution in [0.4, 0.5) is 0 Å². The molecule has 5 nitrogen and oxygen atoms in total. The molecule has 0 aliphatic heterocycles. The van der Waals surface area contributed by atoms with Crippen LogP contribution in [0.3, 0.4) is 0 Å². The van der Waals surface area contributed by atoms with Gasteiger partial charge >= 0.3 is 0 Å². The van der Waals surface area contributed by atoms with Crippen LogP contribution >= 0.6 is 0 Å². The fraction of sp³-hybridized carbons (Fsp3) is 0.0882. The third kappa shape index (κ3) is 5.20. The molecule has 0 radical (unpaired) electrons. The molecule has 1 amide bonds. The number of carbonyl (C=O) groups is 1. The van der Waals surface area contributed by atoms with Crippen LogP contribution in [-0.2, 0) is 6.42 Å². The maximum Gasteiger partial charge on any atom is 0.255 e. The lowest BCUT2D eigenvalue weighted by Gasteiger charge is -2.13. The molecule has 4 aromatic carbocycles. The summed E-state index contributed by atoms with van der Waals surface area (Å²) in [5.74, 6) is -0.130. The van der Waals surface area contributed by atoms with Crippen molar-refractivity contribution in [3.05, 3.63) is 139 Å². The van der Waals surface area contributed by atoms with Gasteiger partial charge in [-0.05, 0) is 41.7 Å². The van der Waals surface area contributed by atoms with E-state index in [1.54, 1.807) is 12.4 Å². The second kappa shape index (κ2) is 11.2. The van der Waals surface area contributed by atoms with Gasteiger partial charge in [0.05, 0.1) is 28.7 Å². The Hall–Kier alpha value is -5.03. The Morgan fingerprint density at radius 2 is 1.38 bits per heavy atom. The fourth-order valence-corrected chi connectivity index (χ4v) is 4.93. The molecule has 0 aliphatic rings. The fourth-order valence-electron chi connectivity index (χ4n) is 4.93. The van der Waals surface area contributed by atoms with E-state index in [-0.39, 0.29) is 5.91 Å². The van der Waals surface area contributed by atoms with Crippen LogP contribution in [0.1, 0.15) is 22.3 Å². The molecule has 0 unspecified atom stereocenters. The number of amides is 1. The summed E-state index contributed by atoms with van der Waals surface area (Å²) in [6.07, 6.45) is 5.23. The molecule has 1 N–H and O–H groups in total. The highest BCUT2D eigenvalue weighted by Crippen LogP contribution is 2.31. The Morgan fingerprint density at radius 1 is 0.718 bits per heavy atom. The second-order valence-electron chi connectivity index (χ2n) is 9.45. The van der Waals surface area contributed by atoms with E-state index < -0.39 is 0 Å². The maximum atomic E-state index is 13.5. The first-order valence-corrected chi connectivity index (χ1v) is 13.2. The van der Waals surface area contributed by atoms with Gasteiger partial charge in [0.1, 0.15) is 0 Å². The molecule has 0 spiro atoms. The zero-order valence-electron chi connectivity index (χ0n) is 21.5. The molecule has 0 bridgehead atoms. The molecule has 0 atom stereocenters. The Balaban J connectivity index is 1.35. The molecule has 5 heteroatoms. The largest absolute Gasteiger partial charge is 0.352 e. The number of aromatic nitrogens is 3. The summed E-state index contributed by atoms with van der Waals surface area (Å²) in [4.78, 5) is 18.0. The molecule has 190 valence electrons. The van der Waals surface area contributed by atoms with Gasteiger partial charge in [-0.25, -0.2) is 4.68 Å². The summed E-state index contributed by atoms with van der Waals surface area (Å²) in [7, 11) is 0. The normalized spacial score (nSPS) is 11.0. The highest BCUT2D eigenvalue weighted by atomic mass is 16.1. The van der Waals surface area contributed by atoms with Gasteiger partial charge in [0, 0.05) is 23.7 Å². The monoisotopic (exact) mass is 508 g/mol. The van der Waals surface area contributed by atoms with Crippen molar-refractivity contribution in [3.8, 4) is 28.1 Å². The van der Waals surface area contributed by atoms with Crippen molar-refractivity contribution < 1.29 is 4.79 Å². The highest BCUT2D eigenvalue weighted by Gasteiger charge is 2.21. The Morgan fingerprint density at radius 3 is 2.18 bits per heavy atom. The number of rotatable bonds is 8. The summed E-state index contributed by atoms with van der Waals surface area (Å²) in [5, 5.41) is 8.80. The molecule has 0 saturated carbocycles. The van der Waals surface area contributed by atoms with E-state index in [4.69, 9.17) is 5.10 Å². The Kier molecular flexibility index (Phi) is 6.95. The number of aryl methyl sites for hydroxylation is 1. The molecule has 0 fully saturated rings. The standard InChI is InChI=1S/C34H28N4O/c39-34(36-22-9-12-25-10-3-1-4-11-25)30-24-37-38(32-21-23-35-31-16-8-7-15-29(31)32)33(30)28-19-17-27(18-20-28)26-13-5-2-6-14-26/h1-8,10-11,13-21,23-24H,9,12,22H2,(H,36,39). The minimum atomic E-state index is -0.130. The summed E-state index contributed by atoms with van der Waals surface area (Å²) in [6, 6.07) is 38.8. The molecular formula is C34H28N4O. The van der Waals surface area contributed by atoms with E-state index in [2.05, 4.69) is 58.8 Å². The average Bonchev–Trinajstić information content (AvgIpc) is 3.45. The molecule has 39 heavy (non-hydrogen) atoms. The Labute approximate surface area is 227 Å². The lowest BCUT2D eigenvalue weighted by Crippen LogP contribution is -2.25. The molecule has 2 heterocycles. The summed E-state index contributed by atoms with van der Waals surface area (Å²) < 4.78 is 1.86. The third-order valence-corrected chi connectivity index (χ3v) is 6.90. The zero-order valence-corrected chi connectivity index (χ0v) is 21.5. The Bertz CT molecular complexity index is 1700. The van der Waals surface area contributed by atoms with E-state index in [0.29, 0.717) is 12.1 Å². The predicted octanol–water partition coefficient (Wildman–Crippen LogP) is 7.12. The molecule has 2 aromatic heterocycles. The summed E-state index contributed by atoms with van der Waals surface area (Å²) in [5.41, 5.74) is 7.51. The quantitative estimate of drug-likeness (QED) is 0.223. The number of hydrogen-bond donors (Lipinski definition) is 1. The van der Waals surface area contributed by atoms with Crippen molar-refractivity contribution in [2.75, 3.05) is 6.54 Å². The average molecular weight is 509 g/mol. The predicted molar refractivity (Wildman–Crippen MR) is 157 cm³/mol. The first kappa shape index (κ1) is 24.3. The number of fused-ring (bicyclic) bond motifs is 1. The SMILES string of the molecule is O=C(NCCCc1ccccc1)c1cnn(-c2ccnc3ccccc23)c1-c1ccc(-c2ccccc2)cc1. The van der Waals surface area contributed by atoms with E-state index in [0.717, 1.165) is 51.8 Å². The highest BCUT2D eigenvalue weighted by molar-refractivity contribution is 6.01. The topological polar surface area (TPSA) is 59.8 Å². The number of benzene rings is 4. The number of carbonyl (C=O) groups excluding carboxylic acids is 1. The van der Waals surface area contributed by atoms with Gasteiger partial charge in [0.15, 0.2) is 0 Å². The van der Waals surface area contributed by atoms with Gasteiger partial charge in [-0.3, -0.25) is 9.78 Å². The molecule has 0 aliphatic carbocycles. The second-order valence-corrected chi connectivity index (χ2v) is 9.45. The molecule has 0 saturated heterocycles. The van der Waals surface area contributed by atoms with E-state index in [9.17, 15) is 4.79 Å². The number of hydrogen-bond acceptors (Lipinski definition) is 3. The minimum absolute atomic E-state index is 0.130. The first-order chi connectivity index (χ1) is 19.3. The smallest absolute Gasteiger partial charge is 0.255 e. The number of pyridine rings is 1. The molecule has 6 aromatic rings. The minimum Gasteiger partial charge on any atom is -0.352 e. The van der Waals surface area contributed by atoms with Crippen molar-refractivity contribution >= 4 is 16.8 Å². The van der Waals surface area contributed by atoms with E-state index in [1.165, 1.54) is 5.56 Å². The van der Waals surface area contributed by atoms with Gasteiger partial charge in [-0.1, -0.05) is 103 Å². The molecule has 6 rings (SSSR count). The zero-order chi connectivity index (χ0) is 26.4. The van der Waals surface area contributed by atoms with Gasteiger partial charge < -0.3 is 5.32 Å². The van der Waals surface area contributed by atoms with Crippen molar-refractivity contribution in [1.29, 1.82) is 0 Å². The van der Waals surface area contributed by atoms with Crippen molar-refractivity contribution in [2.24, 2.45) is 0 Å². The molecular weight excluding hydrogens is 480 g/mol. The van der Waals surface area contributed by atoms with Crippen LogP contribution in [0.2, 0.25) is 0 Å². The van der Waals surface area contributed by atoms with Crippen LogP contribution in [0, 0.1) is 0 Å². The van der Waals surface area contributed by atoms with Crippen LogP contribution in [0.15, 0.2) is 128 Å². The van der Waals surface area contributed by atoms with Crippen molar-refractivity contribution in [2.45, 2.75) is 12.8 Å². The summed E-state index contributed by atoms with van der Waals surface area (Å²) >= 11 is 0. The van der Waals surface area contributed by atoms with Crippen LogP contribution < -0.4 is 5.32 Å². The number of nitrogens with one attached hydrogen (secondary N) is 1. The van der Waals surface area contributed by atoms with Gasteiger partial charge in [0.25, 0.3) is 5.91 Å².